The van der Waals surface area contributed by atoms with Gasteiger partial charge in [0.2, 0.25) is 11.8 Å². The lowest BCUT2D eigenvalue weighted by molar-refractivity contribution is -0.132. The fourth-order valence-corrected chi connectivity index (χ4v) is 22.4. The van der Waals surface area contributed by atoms with Crippen molar-refractivity contribution >= 4 is 141 Å². The van der Waals surface area contributed by atoms with E-state index >= 15 is 0 Å². The van der Waals surface area contributed by atoms with Gasteiger partial charge in [-0.25, -0.2) is 14.4 Å². The summed E-state index contributed by atoms with van der Waals surface area (Å²) in [6, 6.07) is 21.5. The summed E-state index contributed by atoms with van der Waals surface area (Å²) in [5, 5.41) is 11.1. The van der Waals surface area contributed by atoms with Gasteiger partial charge in [-0.3, -0.25) is 19.6 Å². The smallest absolute Gasteiger partial charge is 0.245 e. The van der Waals surface area contributed by atoms with Crippen molar-refractivity contribution in [2.24, 2.45) is 5.73 Å². The quantitative estimate of drug-likeness (QED) is 0.118. The number of carbonyl (C=O) groups is 2. The fraction of sp³-hybridized carbons (Fsp3) is 0.265. The Morgan fingerprint density at radius 1 is 0.847 bits per heavy atom. The minimum Gasteiger partial charge on any atom is -0.368 e. The fourth-order valence-electron chi connectivity index (χ4n) is 6.25. The van der Waals surface area contributed by atoms with Gasteiger partial charge in [-0.1, -0.05) is 7.96 Å². The van der Waals surface area contributed by atoms with E-state index in [1.165, 1.54) is 12.1 Å². The molecule has 2 saturated heterocycles. The Hall–Kier alpha value is 0.390. The first-order chi connectivity index (χ1) is 28.2. The van der Waals surface area contributed by atoms with Crippen LogP contribution in [0.15, 0.2) is 85.2 Å². The number of fused-ring (bicyclic) bond motifs is 1. The molecule has 5 aromatic rings. The number of nitrogens with one attached hydrogen (secondary N) is 2. The summed E-state index contributed by atoms with van der Waals surface area (Å²) in [5.41, 5.74) is 10.3. The number of amides is 2. The first-order valence-electron chi connectivity index (χ1n) is 18.0. The Kier molecular flexibility index (Phi) is 21.0. The molecule has 0 saturated carbocycles. The number of piperazine rings is 1. The number of nitrogens with two attached hydrogens (primary N) is 1. The second-order valence-electron chi connectivity index (χ2n) is 13.5. The number of H-pyrrole nitrogens is 1. The van der Waals surface area contributed by atoms with Gasteiger partial charge in [0.25, 0.3) is 0 Å². The van der Waals surface area contributed by atoms with Crippen LogP contribution < -0.4 is 16.0 Å². The van der Waals surface area contributed by atoms with Crippen LogP contribution in [0.5, 0.6) is 0 Å². The van der Waals surface area contributed by atoms with Gasteiger partial charge in [0.05, 0.1) is 17.8 Å². The molecular weight excluding hydrogens is 988 g/mol. The highest BCUT2D eigenvalue weighted by Gasteiger charge is 2.42. The van der Waals surface area contributed by atoms with Crippen molar-refractivity contribution in [1.29, 1.82) is 0 Å². The molecule has 59 heavy (non-hydrogen) atoms. The van der Waals surface area contributed by atoms with Gasteiger partial charge < -0.3 is 20.9 Å². The molecule has 11 unspecified atom stereocenters. The minimum atomic E-state index is -1.12. The van der Waals surface area contributed by atoms with Crippen LogP contribution in [0.1, 0.15) is 6.42 Å². The van der Waals surface area contributed by atoms with E-state index in [1.807, 2.05) is 34.1 Å². The predicted octanol–water partition coefficient (Wildman–Crippen LogP) is 10.2. The van der Waals surface area contributed by atoms with Crippen molar-refractivity contribution in [3.63, 3.8) is 0 Å². The number of halogens is 1. The van der Waals surface area contributed by atoms with E-state index in [1.54, 1.807) is 36.7 Å². The van der Waals surface area contributed by atoms with Gasteiger partial charge in [-0.05, 0) is 107 Å². The molecule has 2 amide bonds. The van der Waals surface area contributed by atoms with Crippen molar-refractivity contribution in [2.45, 2.75) is 12.0 Å². The Morgan fingerprint density at radius 2 is 1.47 bits per heavy atom. The Labute approximate surface area is 370 Å². The average molecular weight is 1040 g/mol. The third-order valence-electron chi connectivity index (χ3n) is 9.47. The lowest BCUT2D eigenvalue weighted by Gasteiger charge is -2.37. The molecule has 2 aliphatic rings. The van der Waals surface area contributed by atoms with E-state index in [0.29, 0.717) is 43.3 Å². The molecule has 11 nitrogen and oxygen atoms in total. The van der Waals surface area contributed by atoms with Crippen molar-refractivity contribution in [3.05, 3.63) is 91.0 Å². The monoisotopic (exact) mass is 1040 g/mol. The second-order valence-corrected chi connectivity index (χ2v) is 55.5. The number of aromatic amines is 1. The molecule has 3 aromatic carbocycles. The SMILES string of the molecule is NC1(C(=O)Nc2ccc3[nH]nc(-c4ccc(F)cc4)c3c2)CCN(CC(=O)N2CCN(c3ccc(-c4ncccn4)cc3)CC2)C1.PP(P)P(P)P.PPP(P)P(P)P. The average Bonchev–Trinajstić information content (AvgIpc) is 3.85. The van der Waals surface area contributed by atoms with Crippen LogP contribution in [-0.2, 0) is 9.59 Å². The maximum Gasteiger partial charge on any atom is 0.245 e. The highest BCUT2D eigenvalue weighted by atomic mass is 33.0. The number of aromatic nitrogens is 4. The molecule has 4 N–H and O–H groups in total. The Balaban J connectivity index is 0.000000442. The molecule has 2 aliphatic heterocycles. The van der Waals surface area contributed by atoms with Gasteiger partial charge in [0, 0.05) is 79.6 Å². The van der Waals surface area contributed by atoms with E-state index in [2.05, 4.69) is 114 Å². The molecule has 0 aliphatic carbocycles. The number of rotatable bonds is 10. The van der Waals surface area contributed by atoms with Crippen LogP contribution in [0.3, 0.4) is 0 Å². The summed E-state index contributed by atoms with van der Waals surface area (Å²) in [7, 11) is 23.6. The summed E-state index contributed by atoms with van der Waals surface area (Å²) in [4.78, 5) is 41.3. The highest BCUT2D eigenvalue weighted by molar-refractivity contribution is 8.98. The molecule has 0 spiro atoms. The number of hydrogen-bond acceptors (Lipinski definition) is 8. The zero-order chi connectivity index (χ0) is 42.7. The van der Waals surface area contributed by atoms with E-state index in [9.17, 15) is 14.0 Å². The van der Waals surface area contributed by atoms with Crippen LogP contribution in [0.2, 0.25) is 0 Å². The summed E-state index contributed by atoms with van der Waals surface area (Å²) >= 11 is 0. The number of anilines is 2. The molecule has 25 heteroatoms. The lowest BCUT2D eigenvalue weighted by atomic mass is 9.99. The van der Waals surface area contributed by atoms with Crippen molar-refractivity contribution < 1.29 is 14.0 Å². The summed E-state index contributed by atoms with van der Waals surface area (Å²) in [5.74, 6) is 0.113. The highest BCUT2D eigenvalue weighted by Crippen LogP contribution is 2.92. The zero-order valence-electron chi connectivity index (χ0n) is 32.1. The normalized spacial score (nSPS) is 17.6. The van der Waals surface area contributed by atoms with Crippen LogP contribution in [0.25, 0.3) is 33.5 Å². The standard InChI is InChI=1S/C34H34FN9O2.H9P7.H8P6/c35-25-6-2-23(3-7-25)31-28-20-26(8-11-29(28)40-41-31)39-33(46)34(36)12-15-42(22-34)21-30(45)44-18-16-43(17-19-44)27-9-4-24(5-10-27)32-37-13-1-14-38-32;1-5-7(4)6(2)3;1-5(2)6(3)4/h1-11,13-14,20H,12,15-19,21-22,36H2,(H,39,46)(H,40,41);5H,1-4H2;1-4H2. The van der Waals surface area contributed by atoms with Crippen LogP contribution in [0, 0.1) is 5.82 Å². The molecule has 2 fully saturated rings. The molecule has 2 aromatic heterocycles. The number of hydrogen-bond donors (Lipinski definition) is 3. The van der Waals surface area contributed by atoms with Gasteiger partial charge >= 0.3 is 0 Å². The first kappa shape index (κ1) is 50.4. The van der Waals surface area contributed by atoms with E-state index < -0.39 is 5.54 Å². The Bertz CT molecular complexity index is 2110. The van der Waals surface area contributed by atoms with E-state index in [-0.39, 0.29) is 58.7 Å². The maximum absolute atomic E-state index is 13.4. The van der Waals surface area contributed by atoms with Gasteiger partial charge in [-0.15, -0.1) is 71.4 Å². The number of nitrogens with zero attached hydrogens (tertiary/aromatic N) is 6. The van der Waals surface area contributed by atoms with Gasteiger partial charge in [-0.2, -0.15) is 5.10 Å². The molecule has 0 bridgehead atoms. The molecule has 0 radical (unpaired) electrons. The second kappa shape index (κ2) is 24.6. The zero-order valence-corrected chi connectivity index (χ0v) is 45.9. The molecule has 316 valence electrons. The molecular formula is C34H51FN9O2P13. The van der Waals surface area contributed by atoms with Crippen LogP contribution in [0.4, 0.5) is 15.8 Å². The van der Waals surface area contributed by atoms with Crippen molar-refractivity contribution in [3.8, 4) is 22.6 Å². The van der Waals surface area contributed by atoms with Crippen molar-refractivity contribution in [2.75, 3.05) is 56.0 Å². The molecule has 4 heterocycles. The predicted molar refractivity (Wildman–Crippen MR) is 288 cm³/mol. The van der Waals surface area contributed by atoms with Crippen LogP contribution in [-0.4, -0.2) is 93.1 Å². The maximum atomic E-state index is 13.4. The van der Waals surface area contributed by atoms with Crippen LogP contribution >= 0.6 is 107 Å². The third-order valence-corrected chi connectivity index (χ3v) is 61.3. The van der Waals surface area contributed by atoms with E-state index in [4.69, 9.17) is 5.73 Å². The Morgan fingerprint density at radius 3 is 2.05 bits per heavy atom. The number of benzene rings is 3. The summed E-state index contributed by atoms with van der Waals surface area (Å²) in [6.07, 6.45) is 3.90. The topological polar surface area (TPSA) is 136 Å². The molecule has 11 atom stereocenters. The summed E-state index contributed by atoms with van der Waals surface area (Å²) in [6.45, 7) is 4.57. The first-order valence-corrected chi connectivity index (χ1v) is 39.8. The van der Waals surface area contributed by atoms with Crippen molar-refractivity contribution in [1.82, 2.24) is 30.0 Å². The van der Waals surface area contributed by atoms with Gasteiger partial charge in [0.15, 0.2) is 5.82 Å². The lowest BCUT2D eigenvalue weighted by Crippen LogP contribution is -2.54. The minimum absolute atomic E-state index is 0.0413. The van der Waals surface area contributed by atoms with E-state index in [0.717, 1.165) is 48.8 Å². The third kappa shape index (κ3) is 15.0. The van der Waals surface area contributed by atoms with Gasteiger partial charge in [0.1, 0.15) is 11.4 Å². The molecule has 7 rings (SSSR count). The number of carbonyl (C=O) groups excluding carboxylic acids is 2. The number of likely N-dealkylation sites (tertiary alicyclic amines) is 1. The summed E-state index contributed by atoms with van der Waals surface area (Å²) < 4.78 is 13.4. The largest absolute Gasteiger partial charge is 0.368 e.